The summed E-state index contributed by atoms with van der Waals surface area (Å²) in [6.07, 6.45) is 1.28. The first-order valence-electron chi connectivity index (χ1n) is 9.58. The summed E-state index contributed by atoms with van der Waals surface area (Å²) in [6, 6.07) is 7.21. The topological polar surface area (TPSA) is 81.0 Å². The number of rotatable bonds is 4. The minimum Gasteiger partial charge on any atom is -0.495 e. The van der Waals surface area contributed by atoms with E-state index in [1.165, 1.54) is 27.0 Å². The molecule has 1 aliphatic rings. The van der Waals surface area contributed by atoms with E-state index in [1.54, 1.807) is 24.6 Å². The Hall–Kier alpha value is -2.01. The van der Waals surface area contributed by atoms with Crippen LogP contribution in [0.25, 0.3) is 10.2 Å². The van der Waals surface area contributed by atoms with Gasteiger partial charge in [-0.1, -0.05) is 23.5 Å². The Kier molecular flexibility index (Phi) is 5.84. The number of fused-ring (bicyclic) bond motifs is 1. The smallest absolute Gasteiger partial charge is 0.252 e. The van der Waals surface area contributed by atoms with Crippen molar-refractivity contribution >= 4 is 48.8 Å². The third-order valence-electron chi connectivity index (χ3n) is 5.36. The van der Waals surface area contributed by atoms with Crippen LogP contribution in [-0.2, 0) is 21.9 Å². The summed E-state index contributed by atoms with van der Waals surface area (Å²) in [5.74, 6) is 0.00989. The van der Waals surface area contributed by atoms with Crippen LogP contribution in [0.3, 0.4) is 0 Å². The van der Waals surface area contributed by atoms with Crippen molar-refractivity contribution in [2.45, 2.75) is 24.0 Å². The highest BCUT2D eigenvalue weighted by atomic mass is 32.2. The molecule has 1 saturated heterocycles. The second kappa shape index (κ2) is 8.26. The van der Waals surface area contributed by atoms with Crippen molar-refractivity contribution in [2.24, 2.45) is 18.0 Å². The summed E-state index contributed by atoms with van der Waals surface area (Å²) in [5, 5.41) is 1.74. The average molecular weight is 466 g/mol. The van der Waals surface area contributed by atoms with Crippen molar-refractivity contribution in [3.05, 3.63) is 40.0 Å². The molecule has 1 aromatic carbocycles. The molecule has 4 rings (SSSR count). The second-order valence-corrected chi connectivity index (χ2v) is 11.4. The highest BCUT2D eigenvalue weighted by Gasteiger charge is 2.33. The van der Waals surface area contributed by atoms with Gasteiger partial charge < -0.3 is 9.30 Å². The SMILES string of the molecule is COc1ccc(C)c2sc(=NC(=O)C3CCCN(S(=O)(=O)c4cccs4)C3)n(C)c12. The number of hydrogen-bond donors (Lipinski definition) is 0. The van der Waals surface area contributed by atoms with Gasteiger partial charge in [-0.2, -0.15) is 9.30 Å². The molecule has 0 N–H and O–H groups in total. The summed E-state index contributed by atoms with van der Waals surface area (Å²) in [7, 11) is -0.0806. The standard InChI is InChI=1S/C20H23N3O4S3/c1-13-8-9-15(27-3)17-18(13)29-20(22(17)2)21-19(24)14-6-4-10-23(12-14)30(25,26)16-7-5-11-28-16/h5,7-9,11,14H,4,6,10,12H2,1-3H3. The Morgan fingerprint density at radius 2 is 2.10 bits per heavy atom. The highest BCUT2D eigenvalue weighted by Crippen LogP contribution is 2.30. The quantitative estimate of drug-likeness (QED) is 0.593. The Bertz CT molecular complexity index is 1260. The van der Waals surface area contributed by atoms with Crippen LogP contribution >= 0.6 is 22.7 Å². The maximum atomic E-state index is 13.0. The Labute approximate surface area is 183 Å². The van der Waals surface area contributed by atoms with Gasteiger partial charge in [0.05, 0.1) is 17.7 Å². The van der Waals surface area contributed by atoms with E-state index in [4.69, 9.17) is 4.74 Å². The fourth-order valence-electron chi connectivity index (χ4n) is 3.70. The fourth-order valence-corrected chi connectivity index (χ4v) is 7.48. The predicted molar refractivity (Wildman–Crippen MR) is 118 cm³/mol. The monoisotopic (exact) mass is 465 g/mol. The molecule has 7 nitrogen and oxygen atoms in total. The number of sulfonamides is 1. The van der Waals surface area contributed by atoms with Crippen LogP contribution in [0, 0.1) is 12.8 Å². The molecule has 1 amide bonds. The van der Waals surface area contributed by atoms with Crippen molar-refractivity contribution in [1.29, 1.82) is 0 Å². The molecule has 30 heavy (non-hydrogen) atoms. The van der Waals surface area contributed by atoms with Gasteiger partial charge in [-0.3, -0.25) is 4.79 Å². The first kappa shape index (κ1) is 21.2. The van der Waals surface area contributed by atoms with Crippen LogP contribution in [-0.4, -0.2) is 43.4 Å². The molecule has 0 spiro atoms. The van der Waals surface area contributed by atoms with Crippen LogP contribution in [0.15, 0.2) is 38.8 Å². The fraction of sp³-hybridized carbons (Fsp3) is 0.400. The largest absolute Gasteiger partial charge is 0.495 e. The van der Waals surface area contributed by atoms with Crippen LogP contribution in [0.1, 0.15) is 18.4 Å². The van der Waals surface area contributed by atoms with Crippen molar-refractivity contribution in [2.75, 3.05) is 20.2 Å². The van der Waals surface area contributed by atoms with E-state index >= 15 is 0 Å². The van der Waals surface area contributed by atoms with Gasteiger partial charge in [0.1, 0.15) is 15.5 Å². The normalized spacial score (nSPS) is 18.8. The third kappa shape index (κ3) is 3.73. The van der Waals surface area contributed by atoms with Gasteiger partial charge in [-0.05, 0) is 42.8 Å². The highest BCUT2D eigenvalue weighted by molar-refractivity contribution is 7.91. The second-order valence-electron chi connectivity index (χ2n) is 7.29. The van der Waals surface area contributed by atoms with Gasteiger partial charge in [0.2, 0.25) is 0 Å². The lowest BCUT2D eigenvalue weighted by molar-refractivity contribution is -0.122. The minimum absolute atomic E-state index is 0.166. The van der Waals surface area contributed by atoms with Gasteiger partial charge in [-0.15, -0.1) is 11.3 Å². The summed E-state index contributed by atoms with van der Waals surface area (Å²) in [5.41, 5.74) is 1.99. The minimum atomic E-state index is -3.56. The van der Waals surface area contributed by atoms with Crippen LogP contribution in [0.2, 0.25) is 0 Å². The molecule has 1 fully saturated rings. The number of thiazole rings is 1. The number of piperidine rings is 1. The van der Waals surface area contributed by atoms with Crippen LogP contribution in [0.5, 0.6) is 5.75 Å². The molecular weight excluding hydrogens is 442 g/mol. The van der Waals surface area contributed by atoms with E-state index in [0.717, 1.165) is 21.5 Å². The summed E-state index contributed by atoms with van der Waals surface area (Å²) in [6.45, 7) is 2.61. The number of carbonyl (C=O) groups excluding carboxylic acids is 1. The maximum absolute atomic E-state index is 13.0. The lowest BCUT2D eigenvalue weighted by Gasteiger charge is -2.29. The van der Waals surface area contributed by atoms with E-state index in [0.29, 0.717) is 28.4 Å². The van der Waals surface area contributed by atoms with Crippen LogP contribution in [0.4, 0.5) is 0 Å². The molecule has 0 radical (unpaired) electrons. The Morgan fingerprint density at radius 1 is 1.30 bits per heavy atom. The number of methoxy groups -OCH3 is 1. The van der Waals surface area contributed by atoms with Crippen molar-refractivity contribution in [1.82, 2.24) is 8.87 Å². The summed E-state index contributed by atoms with van der Waals surface area (Å²) < 4.78 is 35.8. The number of thiophene rings is 1. The third-order valence-corrected chi connectivity index (χ3v) is 9.86. The number of aryl methyl sites for hydroxylation is 2. The van der Waals surface area contributed by atoms with Gasteiger partial charge in [0, 0.05) is 20.1 Å². The van der Waals surface area contributed by atoms with Gasteiger partial charge in [0.25, 0.3) is 15.9 Å². The van der Waals surface area contributed by atoms with Crippen LogP contribution < -0.4 is 9.54 Å². The molecule has 10 heteroatoms. The van der Waals surface area contributed by atoms with Gasteiger partial charge >= 0.3 is 0 Å². The van der Waals surface area contributed by atoms with E-state index in [9.17, 15) is 13.2 Å². The number of benzene rings is 1. The van der Waals surface area contributed by atoms with Crippen molar-refractivity contribution < 1.29 is 17.9 Å². The van der Waals surface area contributed by atoms with Gasteiger partial charge in [-0.25, -0.2) is 8.42 Å². The van der Waals surface area contributed by atoms with Gasteiger partial charge in [0.15, 0.2) is 4.80 Å². The summed E-state index contributed by atoms with van der Waals surface area (Å²) in [4.78, 5) is 17.9. The van der Waals surface area contributed by atoms with E-state index in [1.807, 2.05) is 30.7 Å². The zero-order valence-electron chi connectivity index (χ0n) is 17.0. The lowest BCUT2D eigenvalue weighted by atomic mass is 9.99. The number of nitrogens with zero attached hydrogens (tertiary/aromatic N) is 3. The van der Waals surface area contributed by atoms with E-state index in [-0.39, 0.29) is 12.5 Å². The average Bonchev–Trinajstić information content (AvgIpc) is 3.39. The molecule has 1 aliphatic heterocycles. The zero-order chi connectivity index (χ0) is 21.5. The number of carbonyl (C=O) groups is 1. The molecule has 3 aromatic rings. The molecule has 0 aliphatic carbocycles. The van der Waals surface area contributed by atoms with E-state index in [2.05, 4.69) is 4.99 Å². The molecule has 1 unspecified atom stereocenters. The molecule has 2 aromatic heterocycles. The number of ether oxygens (including phenoxy) is 1. The van der Waals surface area contributed by atoms with Crippen molar-refractivity contribution in [3.63, 3.8) is 0 Å². The zero-order valence-corrected chi connectivity index (χ0v) is 19.4. The van der Waals surface area contributed by atoms with Crippen molar-refractivity contribution in [3.8, 4) is 5.75 Å². The number of aromatic nitrogens is 1. The maximum Gasteiger partial charge on any atom is 0.252 e. The first-order chi connectivity index (χ1) is 14.3. The molecule has 0 bridgehead atoms. The Balaban J connectivity index is 1.65. The molecular formula is C20H23N3O4S3. The first-order valence-corrected chi connectivity index (χ1v) is 12.7. The molecule has 3 heterocycles. The predicted octanol–water partition coefficient (Wildman–Crippen LogP) is 3.15. The number of amides is 1. The Morgan fingerprint density at radius 3 is 2.80 bits per heavy atom. The molecule has 160 valence electrons. The summed E-state index contributed by atoms with van der Waals surface area (Å²) >= 11 is 2.64. The molecule has 1 atom stereocenters. The van der Waals surface area contributed by atoms with E-state index < -0.39 is 15.9 Å². The lowest BCUT2D eigenvalue weighted by Crippen LogP contribution is -2.42. The number of hydrogen-bond acceptors (Lipinski definition) is 6. The molecule has 0 saturated carbocycles.